The van der Waals surface area contributed by atoms with E-state index in [4.69, 9.17) is 0 Å². The number of nitrogens with one attached hydrogen (secondary N) is 1. The Morgan fingerprint density at radius 1 is 1.31 bits per heavy atom. The summed E-state index contributed by atoms with van der Waals surface area (Å²) in [6.45, 7) is 7.82. The molecular formula is C15H23N. The molecule has 0 heterocycles. The van der Waals surface area contributed by atoms with Crippen LogP contribution in [-0.2, 0) is 6.54 Å². The van der Waals surface area contributed by atoms with Gasteiger partial charge in [0.1, 0.15) is 0 Å². The van der Waals surface area contributed by atoms with Crippen molar-refractivity contribution in [3.63, 3.8) is 0 Å². The van der Waals surface area contributed by atoms with Gasteiger partial charge >= 0.3 is 0 Å². The second-order valence-electron chi connectivity index (χ2n) is 5.48. The van der Waals surface area contributed by atoms with Gasteiger partial charge in [0, 0.05) is 12.6 Å². The van der Waals surface area contributed by atoms with Crippen LogP contribution < -0.4 is 5.32 Å². The first-order chi connectivity index (χ1) is 7.66. The van der Waals surface area contributed by atoms with Crippen LogP contribution in [0.25, 0.3) is 0 Å². The fourth-order valence-corrected chi connectivity index (χ4v) is 2.46. The highest BCUT2D eigenvalue weighted by atomic mass is 14.9. The summed E-state index contributed by atoms with van der Waals surface area (Å²) in [7, 11) is 0. The first-order valence-electron chi connectivity index (χ1n) is 6.46. The Hall–Kier alpha value is -0.820. The van der Waals surface area contributed by atoms with E-state index in [-0.39, 0.29) is 0 Å². The van der Waals surface area contributed by atoms with Crippen molar-refractivity contribution in [3.8, 4) is 0 Å². The zero-order valence-corrected chi connectivity index (χ0v) is 10.7. The van der Waals surface area contributed by atoms with Crippen molar-refractivity contribution in [2.24, 2.45) is 11.8 Å². The lowest BCUT2D eigenvalue weighted by molar-refractivity contribution is 0.359. The summed E-state index contributed by atoms with van der Waals surface area (Å²) < 4.78 is 0. The Labute approximate surface area is 99.3 Å². The van der Waals surface area contributed by atoms with Crippen LogP contribution in [0.5, 0.6) is 0 Å². The first-order valence-corrected chi connectivity index (χ1v) is 6.46. The van der Waals surface area contributed by atoms with E-state index < -0.39 is 0 Å². The van der Waals surface area contributed by atoms with Gasteiger partial charge in [-0.15, -0.1) is 0 Å². The van der Waals surface area contributed by atoms with Crippen molar-refractivity contribution in [1.29, 1.82) is 0 Å². The molecule has 16 heavy (non-hydrogen) atoms. The largest absolute Gasteiger partial charge is 0.309 e. The van der Waals surface area contributed by atoms with Gasteiger partial charge in [-0.3, -0.25) is 0 Å². The maximum Gasteiger partial charge on any atom is 0.0208 e. The monoisotopic (exact) mass is 217 g/mol. The summed E-state index contributed by atoms with van der Waals surface area (Å²) >= 11 is 0. The van der Waals surface area contributed by atoms with E-state index in [0.29, 0.717) is 6.04 Å². The molecule has 2 rings (SSSR count). The fourth-order valence-electron chi connectivity index (χ4n) is 2.46. The number of rotatable bonds is 5. The highest BCUT2D eigenvalue weighted by Crippen LogP contribution is 2.35. The van der Waals surface area contributed by atoms with Crippen LogP contribution in [0.4, 0.5) is 0 Å². The summed E-state index contributed by atoms with van der Waals surface area (Å²) in [5.74, 6) is 1.68. The summed E-state index contributed by atoms with van der Waals surface area (Å²) in [6, 6.07) is 9.50. The van der Waals surface area contributed by atoms with E-state index in [2.05, 4.69) is 50.4 Å². The van der Waals surface area contributed by atoms with E-state index in [1.54, 1.807) is 0 Å². The van der Waals surface area contributed by atoms with Crippen LogP contribution in [0.3, 0.4) is 0 Å². The number of hydrogen-bond donors (Lipinski definition) is 1. The maximum atomic E-state index is 3.72. The van der Waals surface area contributed by atoms with Gasteiger partial charge in [0.2, 0.25) is 0 Å². The normalized spacial score (nSPS) is 17.8. The topological polar surface area (TPSA) is 12.0 Å². The Balaban J connectivity index is 1.90. The minimum Gasteiger partial charge on any atom is -0.309 e. The van der Waals surface area contributed by atoms with E-state index in [1.807, 2.05) is 0 Å². The van der Waals surface area contributed by atoms with E-state index in [0.717, 1.165) is 18.4 Å². The summed E-state index contributed by atoms with van der Waals surface area (Å²) in [4.78, 5) is 0. The predicted octanol–water partition coefficient (Wildman–Crippen LogP) is 3.52. The van der Waals surface area contributed by atoms with Crippen molar-refractivity contribution in [3.05, 3.63) is 35.4 Å². The van der Waals surface area contributed by atoms with Crippen molar-refractivity contribution in [2.45, 2.75) is 46.2 Å². The molecule has 1 N–H and O–H groups in total. The molecule has 1 aromatic carbocycles. The lowest BCUT2D eigenvalue weighted by Gasteiger charge is -2.22. The zero-order valence-electron chi connectivity index (χ0n) is 10.7. The van der Waals surface area contributed by atoms with Gasteiger partial charge in [-0.1, -0.05) is 43.7 Å². The summed E-state index contributed by atoms with van der Waals surface area (Å²) in [5.41, 5.74) is 2.76. The van der Waals surface area contributed by atoms with Gasteiger partial charge in [-0.05, 0) is 37.2 Å². The van der Waals surface area contributed by atoms with Crippen LogP contribution in [0.2, 0.25) is 0 Å². The van der Waals surface area contributed by atoms with Crippen LogP contribution >= 0.6 is 0 Å². The molecule has 1 heteroatoms. The molecule has 0 aromatic heterocycles. The summed E-state index contributed by atoms with van der Waals surface area (Å²) in [5, 5.41) is 3.72. The van der Waals surface area contributed by atoms with Gasteiger partial charge in [0.25, 0.3) is 0 Å². The van der Waals surface area contributed by atoms with Crippen molar-refractivity contribution >= 4 is 0 Å². The summed E-state index contributed by atoms with van der Waals surface area (Å²) in [6.07, 6.45) is 2.84. The van der Waals surface area contributed by atoms with Crippen LogP contribution in [0, 0.1) is 18.8 Å². The molecule has 1 fully saturated rings. The molecule has 1 saturated carbocycles. The minimum absolute atomic E-state index is 0.709. The molecule has 1 aromatic rings. The second kappa shape index (κ2) is 5.01. The molecule has 1 aliphatic carbocycles. The Bertz CT molecular complexity index is 337. The molecule has 0 saturated heterocycles. The lowest BCUT2D eigenvalue weighted by atomic mass is 9.99. The molecule has 88 valence electrons. The van der Waals surface area contributed by atoms with Crippen LogP contribution in [0.1, 0.15) is 37.8 Å². The number of benzene rings is 1. The average molecular weight is 217 g/mol. The van der Waals surface area contributed by atoms with Crippen LogP contribution in [0.15, 0.2) is 24.3 Å². The van der Waals surface area contributed by atoms with Gasteiger partial charge in [0.05, 0.1) is 0 Å². The first kappa shape index (κ1) is 11.7. The van der Waals surface area contributed by atoms with Gasteiger partial charge in [-0.25, -0.2) is 0 Å². The molecule has 0 aliphatic heterocycles. The number of hydrogen-bond acceptors (Lipinski definition) is 1. The fraction of sp³-hybridized carbons (Fsp3) is 0.600. The van der Waals surface area contributed by atoms with E-state index in [1.165, 1.54) is 24.0 Å². The highest BCUT2D eigenvalue weighted by Gasteiger charge is 2.32. The number of aryl methyl sites for hydroxylation is 1. The minimum atomic E-state index is 0.709. The van der Waals surface area contributed by atoms with Gasteiger partial charge in [0.15, 0.2) is 0 Å². The quantitative estimate of drug-likeness (QED) is 0.795. The molecule has 1 aliphatic rings. The van der Waals surface area contributed by atoms with Crippen molar-refractivity contribution in [2.75, 3.05) is 0 Å². The third kappa shape index (κ3) is 3.08. The molecule has 0 spiro atoms. The van der Waals surface area contributed by atoms with Crippen molar-refractivity contribution < 1.29 is 0 Å². The standard InChI is InChI=1S/C15H23N/c1-11(2)15(14-7-8-14)16-10-13-6-4-5-12(3)9-13/h4-6,9,11,14-16H,7-8,10H2,1-3H3. The average Bonchev–Trinajstić information content (AvgIpc) is 3.02. The molecule has 0 radical (unpaired) electrons. The third-order valence-electron chi connectivity index (χ3n) is 3.47. The smallest absolute Gasteiger partial charge is 0.0208 e. The highest BCUT2D eigenvalue weighted by molar-refractivity contribution is 5.22. The maximum absolute atomic E-state index is 3.72. The Morgan fingerprint density at radius 3 is 2.62 bits per heavy atom. The van der Waals surface area contributed by atoms with Crippen LogP contribution in [-0.4, -0.2) is 6.04 Å². The SMILES string of the molecule is Cc1cccc(CNC(C(C)C)C2CC2)c1. The second-order valence-corrected chi connectivity index (χ2v) is 5.48. The Kier molecular flexibility index (Phi) is 3.65. The van der Waals surface area contributed by atoms with E-state index >= 15 is 0 Å². The third-order valence-corrected chi connectivity index (χ3v) is 3.47. The molecule has 0 bridgehead atoms. The molecule has 0 amide bonds. The molecule has 1 atom stereocenters. The van der Waals surface area contributed by atoms with E-state index in [9.17, 15) is 0 Å². The van der Waals surface area contributed by atoms with Gasteiger partial charge in [-0.2, -0.15) is 0 Å². The predicted molar refractivity (Wildman–Crippen MR) is 69.4 cm³/mol. The zero-order chi connectivity index (χ0) is 11.5. The van der Waals surface area contributed by atoms with Crippen molar-refractivity contribution in [1.82, 2.24) is 5.32 Å². The molecular weight excluding hydrogens is 194 g/mol. The Morgan fingerprint density at radius 2 is 2.06 bits per heavy atom. The molecule has 1 nitrogen and oxygen atoms in total. The molecule has 1 unspecified atom stereocenters. The van der Waals surface area contributed by atoms with Gasteiger partial charge < -0.3 is 5.32 Å². The lowest BCUT2D eigenvalue weighted by Crippen LogP contribution is -2.35.